The normalized spacial score (nSPS) is 19.4. The molecule has 4 aromatic rings. The van der Waals surface area contributed by atoms with Gasteiger partial charge >= 0.3 is 17.9 Å². The maximum atomic E-state index is 14.7. The van der Waals surface area contributed by atoms with E-state index in [1.807, 2.05) is 65.1 Å². The first-order valence-corrected chi connectivity index (χ1v) is 30.2. The number of carbonyl (C=O) groups excluding carboxylic acids is 7. The summed E-state index contributed by atoms with van der Waals surface area (Å²) in [5, 5.41) is 67.7. The van der Waals surface area contributed by atoms with Crippen molar-refractivity contribution in [3.05, 3.63) is 111 Å². The van der Waals surface area contributed by atoms with Crippen LogP contribution in [0.15, 0.2) is 84.9 Å². The fourth-order valence-corrected chi connectivity index (χ4v) is 10.9. The lowest BCUT2D eigenvalue weighted by molar-refractivity contribution is -0.142. The third-order valence-corrected chi connectivity index (χ3v) is 16.0. The average Bonchev–Trinajstić information content (AvgIpc) is 3.65. The number of nitrogens with one attached hydrogen (secondary N) is 8. The SMILES string of the molecule is CN1C(=O)[C@@H](Cc2ccc(O)c(I)c2)NC(=O)CNC(=O)[C@H](Cc2ccc3ccccc3c2)NC(=O)[C@H](CCCNC(=N)N)NC(=O)[C@H]1CCCNC(=O)c1ccc(CNC(=O)CN2CCN(CC(=O)O)CCN(CC(=O)O)CCN(CC(=O)O)CC2)cc1. The van der Waals surface area contributed by atoms with Crippen LogP contribution in [-0.2, 0) is 62.5 Å². The molecule has 0 unspecified atom stereocenters. The number of benzene rings is 4. The van der Waals surface area contributed by atoms with Gasteiger partial charge in [0.25, 0.3) is 5.91 Å². The second kappa shape index (κ2) is 34.9. The van der Waals surface area contributed by atoms with Gasteiger partial charge in [-0.3, -0.25) is 73.0 Å². The Morgan fingerprint density at radius 1 is 0.596 bits per heavy atom. The number of guanidine groups is 1. The molecular formula is C60H79IN14O14. The number of rotatable bonds is 23. The number of carbonyl (C=O) groups is 10. The number of carboxylic acids is 3. The van der Waals surface area contributed by atoms with E-state index in [2.05, 4.69) is 37.2 Å². The van der Waals surface area contributed by atoms with Gasteiger partial charge in [-0.25, -0.2) is 0 Å². The van der Waals surface area contributed by atoms with E-state index in [4.69, 9.17) is 11.1 Å². The summed E-state index contributed by atoms with van der Waals surface area (Å²) < 4.78 is 0.477. The van der Waals surface area contributed by atoms with Crippen molar-refractivity contribution in [2.24, 2.45) is 5.73 Å². The molecule has 2 aliphatic rings. The zero-order chi connectivity index (χ0) is 64.6. The minimum Gasteiger partial charge on any atom is -0.507 e. The highest BCUT2D eigenvalue weighted by Gasteiger charge is 2.36. The number of likely N-dealkylation sites (N-methyl/N-ethyl adjacent to an activating group) is 1. The van der Waals surface area contributed by atoms with Crippen molar-refractivity contribution in [2.45, 2.75) is 69.2 Å². The molecule has 14 N–H and O–H groups in total. The highest BCUT2D eigenvalue weighted by atomic mass is 127. The molecule has 4 aromatic carbocycles. The quantitative estimate of drug-likeness (QED) is 0.0182. The molecule has 480 valence electrons. The van der Waals surface area contributed by atoms with Gasteiger partial charge in [0, 0.05) is 97.4 Å². The Kier molecular flexibility index (Phi) is 27.3. The van der Waals surface area contributed by atoms with Crippen molar-refractivity contribution < 1.29 is 68.4 Å². The largest absolute Gasteiger partial charge is 0.507 e. The fourth-order valence-electron chi connectivity index (χ4n) is 10.3. The summed E-state index contributed by atoms with van der Waals surface area (Å²) in [4.78, 5) is 141. The van der Waals surface area contributed by atoms with Crippen LogP contribution in [0.4, 0.5) is 0 Å². The Morgan fingerprint density at radius 3 is 1.70 bits per heavy atom. The minimum absolute atomic E-state index is 0.000726. The van der Waals surface area contributed by atoms with Gasteiger partial charge in [0.2, 0.25) is 35.4 Å². The first-order valence-electron chi connectivity index (χ1n) is 29.2. The van der Waals surface area contributed by atoms with E-state index in [1.54, 1.807) is 56.0 Å². The highest BCUT2D eigenvalue weighted by molar-refractivity contribution is 14.1. The monoisotopic (exact) mass is 1350 g/mol. The molecule has 28 nitrogen and oxygen atoms in total. The number of hydrogen-bond acceptors (Lipinski definition) is 16. The highest BCUT2D eigenvalue weighted by Crippen LogP contribution is 2.22. The number of aromatic hydroxyl groups is 1. The summed E-state index contributed by atoms with van der Waals surface area (Å²) in [5.74, 6) is -7.98. The van der Waals surface area contributed by atoms with Gasteiger partial charge in [-0.1, -0.05) is 60.7 Å². The lowest BCUT2D eigenvalue weighted by Crippen LogP contribution is -2.58. The lowest BCUT2D eigenvalue weighted by atomic mass is 10.00. The molecule has 89 heavy (non-hydrogen) atoms. The molecule has 2 aliphatic heterocycles. The van der Waals surface area contributed by atoms with Gasteiger partial charge < -0.3 is 68.3 Å². The van der Waals surface area contributed by atoms with Crippen LogP contribution in [0.2, 0.25) is 0 Å². The zero-order valence-corrected chi connectivity index (χ0v) is 51.7. The number of fused-ring (bicyclic) bond motifs is 1. The van der Waals surface area contributed by atoms with Gasteiger partial charge in [0.15, 0.2) is 5.96 Å². The molecular weight excluding hydrogens is 1270 g/mol. The van der Waals surface area contributed by atoms with Crippen molar-refractivity contribution in [1.29, 1.82) is 5.41 Å². The third-order valence-electron chi connectivity index (χ3n) is 15.2. The van der Waals surface area contributed by atoms with E-state index in [0.29, 0.717) is 20.3 Å². The first kappa shape index (κ1) is 69.6. The van der Waals surface area contributed by atoms with Crippen LogP contribution in [0, 0.1) is 8.98 Å². The lowest BCUT2D eigenvalue weighted by Gasteiger charge is -2.32. The second-order valence-corrected chi connectivity index (χ2v) is 23.1. The van der Waals surface area contributed by atoms with Crippen LogP contribution in [0.3, 0.4) is 0 Å². The third kappa shape index (κ3) is 23.5. The molecule has 6 rings (SSSR count). The predicted octanol–water partition coefficient (Wildman–Crippen LogP) is -1.09. The Labute approximate surface area is 528 Å². The number of phenolic OH excluding ortho intramolecular Hbond substituents is 1. The Bertz CT molecular complexity index is 3140. The van der Waals surface area contributed by atoms with Gasteiger partial charge in [0.05, 0.1) is 36.3 Å². The van der Waals surface area contributed by atoms with Crippen molar-refractivity contribution in [3.8, 4) is 5.75 Å². The van der Waals surface area contributed by atoms with E-state index in [9.17, 15) is 68.4 Å². The van der Waals surface area contributed by atoms with Gasteiger partial charge in [0.1, 0.15) is 29.9 Å². The minimum atomic E-state index is -1.30. The maximum Gasteiger partial charge on any atom is 0.317 e. The molecule has 0 aromatic heterocycles. The molecule has 2 heterocycles. The molecule has 0 aliphatic carbocycles. The average molecular weight is 1350 g/mol. The molecule has 2 fully saturated rings. The molecule has 7 amide bonds. The van der Waals surface area contributed by atoms with E-state index in [1.165, 1.54) is 18.0 Å². The molecule has 0 spiro atoms. The number of amides is 7. The van der Waals surface area contributed by atoms with Crippen LogP contribution < -0.4 is 43.0 Å². The van der Waals surface area contributed by atoms with Crippen molar-refractivity contribution >= 4 is 98.6 Å². The summed E-state index contributed by atoms with van der Waals surface area (Å²) in [6.07, 6.45) is 0.211. The summed E-state index contributed by atoms with van der Waals surface area (Å²) in [5.41, 5.74) is 7.69. The van der Waals surface area contributed by atoms with Crippen LogP contribution in [0.1, 0.15) is 52.7 Å². The second-order valence-electron chi connectivity index (χ2n) is 21.9. The van der Waals surface area contributed by atoms with Crippen molar-refractivity contribution in [2.75, 3.05) is 105 Å². The fraction of sp³-hybridized carbons (Fsp3) is 0.450. The van der Waals surface area contributed by atoms with E-state index >= 15 is 0 Å². The number of nitrogens with zero attached hydrogens (tertiary/aromatic N) is 5. The van der Waals surface area contributed by atoms with Gasteiger partial charge in [-0.2, -0.15) is 0 Å². The van der Waals surface area contributed by atoms with E-state index in [0.717, 1.165) is 10.8 Å². The van der Waals surface area contributed by atoms with E-state index in [-0.39, 0.29) is 160 Å². The van der Waals surface area contributed by atoms with E-state index < -0.39 is 84.1 Å². The van der Waals surface area contributed by atoms with Crippen LogP contribution in [0.5, 0.6) is 5.75 Å². The summed E-state index contributed by atoms with van der Waals surface area (Å²) in [6.45, 7) is 0.568. The molecule has 0 radical (unpaired) electrons. The molecule has 4 atom stereocenters. The van der Waals surface area contributed by atoms with Crippen LogP contribution in [0.25, 0.3) is 10.8 Å². The standard InChI is InChI=1S/C60H79IN14O14/c1-71-48(9-5-18-64-55(85)42-15-10-38(11-16-42)32-66-51(78)34-72-20-22-73(35-52(79)80)24-26-75(37-54(83)84)27-25-74(23-21-72)36-53(81)82)58(88)69-45(8-4-19-65-60(62)63)57(87)70-46(30-39-12-14-41-6-2-3-7-43(41)28-39)56(86)67-33-50(77)68-47(59(71)89)31-40-13-17-49(76)44(61)29-40/h2-3,6-7,10-17,28-29,45-48,76H,4-5,8-9,18-27,30-37H2,1H3,(H,64,85)(H,66,78)(H,67,86)(H,68,77)(H,69,88)(H,70,87)(H,79,80)(H,81,82)(H,83,84)(H4,62,63,65)/t45-,46-,47+,48+/m0/s1. The van der Waals surface area contributed by atoms with Crippen LogP contribution >= 0.6 is 22.6 Å². The molecule has 2 saturated heterocycles. The smallest absolute Gasteiger partial charge is 0.317 e. The molecule has 0 saturated carbocycles. The first-order chi connectivity index (χ1) is 42.5. The van der Waals surface area contributed by atoms with Crippen LogP contribution in [-0.4, -0.2) is 240 Å². The Hall–Kier alpha value is -8.52. The number of hydrogen-bond donors (Lipinski definition) is 13. The summed E-state index contributed by atoms with van der Waals surface area (Å²) in [7, 11) is 1.39. The summed E-state index contributed by atoms with van der Waals surface area (Å²) >= 11 is 1.93. The number of nitrogens with two attached hydrogens (primary N) is 1. The number of phenols is 1. The maximum absolute atomic E-state index is 14.7. The zero-order valence-electron chi connectivity index (χ0n) is 49.5. The molecule has 0 bridgehead atoms. The predicted molar refractivity (Wildman–Crippen MR) is 335 cm³/mol. The molecule has 29 heteroatoms. The van der Waals surface area contributed by atoms with Crippen molar-refractivity contribution in [3.63, 3.8) is 0 Å². The Morgan fingerprint density at radius 2 is 1.11 bits per heavy atom. The Balaban J connectivity index is 1.13. The number of halogens is 1. The van der Waals surface area contributed by atoms with Gasteiger partial charge in [-0.15, -0.1) is 0 Å². The van der Waals surface area contributed by atoms with Gasteiger partial charge in [-0.05, 0) is 100 Å². The number of aliphatic carboxylic acids is 3. The van der Waals surface area contributed by atoms with Crippen molar-refractivity contribution in [1.82, 2.24) is 61.7 Å². The number of carboxylic acid groups (broad SMARTS) is 3. The summed E-state index contributed by atoms with van der Waals surface area (Å²) in [6, 6.07) is 19.2. The topological polar surface area (TPSA) is 402 Å².